The Bertz CT molecular complexity index is 422. The Balaban J connectivity index is 1.91. The molecule has 0 aromatic heterocycles. The van der Waals surface area contributed by atoms with Crippen molar-refractivity contribution in [2.75, 3.05) is 7.05 Å². The lowest BCUT2D eigenvalue weighted by Gasteiger charge is -2.33. The molecule has 2 rings (SSSR count). The van der Waals surface area contributed by atoms with E-state index in [9.17, 15) is 10.1 Å². The number of non-ortho nitro benzene ring substituents is 1. The summed E-state index contributed by atoms with van der Waals surface area (Å²) in [5.41, 5.74) is 1.31. The smallest absolute Gasteiger partial charge is 0.269 e. The van der Waals surface area contributed by atoms with Crippen LogP contribution in [0, 0.1) is 16.0 Å². The summed E-state index contributed by atoms with van der Waals surface area (Å²) in [5, 5.41) is 10.6. The first-order valence-corrected chi connectivity index (χ1v) is 7.00. The molecule has 0 N–H and O–H groups in total. The number of benzene rings is 1. The van der Waals surface area contributed by atoms with Gasteiger partial charge in [-0.1, -0.05) is 19.1 Å². The normalized spacial score (nSPS) is 23.5. The van der Waals surface area contributed by atoms with Gasteiger partial charge in [0.05, 0.1) is 4.92 Å². The number of hydrogen-bond donors (Lipinski definition) is 0. The van der Waals surface area contributed by atoms with E-state index in [2.05, 4.69) is 18.9 Å². The molecule has 1 fully saturated rings. The maximum absolute atomic E-state index is 10.6. The first kappa shape index (κ1) is 14.0. The summed E-state index contributed by atoms with van der Waals surface area (Å²) in [6.07, 6.45) is 5.17. The van der Waals surface area contributed by atoms with Gasteiger partial charge in [0.15, 0.2) is 0 Å². The van der Waals surface area contributed by atoms with Crippen molar-refractivity contribution in [2.24, 2.45) is 5.92 Å². The van der Waals surface area contributed by atoms with E-state index in [4.69, 9.17) is 0 Å². The van der Waals surface area contributed by atoms with E-state index in [1.165, 1.54) is 25.7 Å². The van der Waals surface area contributed by atoms with Crippen LogP contribution < -0.4 is 0 Å². The molecule has 0 atom stereocenters. The van der Waals surface area contributed by atoms with E-state index in [-0.39, 0.29) is 10.6 Å². The van der Waals surface area contributed by atoms with Crippen molar-refractivity contribution in [3.8, 4) is 0 Å². The molecule has 0 aliphatic heterocycles. The largest absolute Gasteiger partial charge is 0.299 e. The van der Waals surface area contributed by atoms with Crippen LogP contribution in [0.3, 0.4) is 0 Å². The molecule has 1 aromatic carbocycles. The zero-order valence-electron chi connectivity index (χ0n) is 11.7. The molecule has 104 valence electrons. The van der Waals surface area contributed by atoms with Crippen LogP contribution in [0.4, 0.5) is 5.69 Å². The summed E-state index contributed by atoms with van der Waals surface area (Å²) in [7, 11) is 2.15. The Labute approximate surface area is 114 Å². The predicted molar refractivity (Wildman–Crippen MR) is 76.0 cm³/mol. The van der Waals surface area contributed by atoms with E-state index in [1.807, 2.05) is 12.1 Å². The highest BCUT2D eigenvalue weighted by Crippen LogP contribution is 2.27. The molecular formula is C15H22N2O2. The summed E-state index contributed by atoms with van der Waals surface area (Å²) in [4.78, 5) is 12.6. The summed E-state index contributed by atoms with van der Waals surface area (Å²) in [5.74, 6) is 0.865. The molecule has 0 bridgehead atoms. The van der Waals surface area contributed by atoms with Gasteiger partial charge in [-0.3, -0.25) is 15.0 Å². The Kier molecular flexibility index (Phi) is 4.53. The van der Waals surface area contributed by atoms with E-state index in [0.29, 0.717) is 6.04 Å². The lowest BCUT2D eigenvalue weighted by Crippen LogP contribution is -2.34. The third-order valence-corrected chi connectivity index (χ3v) is 4.19. The number of nitrogens with zero attached hydrogens (tertiary/aromatic N) is 2. The average molecular weight is 262 g/mol. The van der Waals surface area contributed by atoms with Crippen molar-refractivity contribution in [3.63, 3.8) is 0 Å². The first-order chi connectivity index (χ1) is 9.06. The minimum atomic E-state index is -0.351. The molecule has 4 heteroatoms. The molecule has 1 aromatic rings. The van der Waals surface area contributed by atoms with Gasteiger partial charge in [0, 0.05) is 24.7 Å². The second-order valence-corrected chi connectivity index (χ2v) is 5.75. The summed E-state index contributed by atoms with van der Waals surface area (Å²) >= 11 is 0. The maximum Gasteiger partial charge on any atom is 0.269 e. The standard InChI is InChI=1S/C15H22N2O2/c1-12-3-7-14(8-4-12)16(2)11-13-5-9-15(10-6-13)17(18)19/h5-6,9-10,12,14H,3-4,7-8,11H2,1-2H3. The topological polar surface area (TPSA) is 46.4 Å². The molecule has 0 unspecified atom stereocenters. The quantitative estimate of drug-likeness (QED) is 0.615. The van der Waals surface area contributed by atoms with Gasteiger partial charge < -0.3 is 0 Å². The fourth-order valence-corrected chi connectivity index (χ4v) is 2.82. The number of nitro groups is 1. The van der Waals surface area contributed by atoms with Gasteiger partial charge >= 0.3 is 0 Å². The molecule has 1 aliphatic rings. The van der Waals surface area contributed by atoms with Gasteiger partial charge in [-0.05, 0) is 44.2 Å². The van der Waals surface area contributed by atoms with Gasteiger partial charge in [-0.15, -0.1) is 0 Å². The fourth-order valence-electron chi connectivity index (χ4n) is 2.82. The molecule has 0 saturated heterocycles. The third-order valence-electron chi connectivity index (χ3n) is 4.19. The molecule has 4 nitrogen and oxygen atoms in total. The highest BCUT2D eigenvalue weighted by molar-refractivity contribution is 5.32. The molecular weight excluding hydrogens is 240 g/mol. The van der Waals surface area contributed by atoms with Crippen LogP contribution in [-0.4, -0.2) is 22.9 Å². The zero-order valence-corrected chi connectivity index (χ0v) is 11.7. The SMILES string of the molecule is CC1CCC(N(C)Cc2ccc([N+](=O)[O-])cc2)CC1. The van der Waals surface area contributed by atoms with Crippen molar-refractivity contribution in [3.05, 3.63) is 39.9 Å². The van der Waals surface area contributed by atoms with Gasteiger partial charge in [0.2, 0.25) is 0 Å². The monoisotopic (exact) mass is 262 g/mol. The highest BCUT2D eigenvalue weighted by Gasteiger charge is 2.21. The van der Waals surface area contributed by atoms with E-state index >= 15 is 0 Å². The minimum absolute atomic E-state index is 0.165. The molecule has 0 amide bonds. The Morgan fingerprint density at radius 2 is 1.79 bits per heavy atom. The first-order valence-electron chi connectivity index (χ1n) is 7.00. The fraction of sp³-hybridized carbons (Fsp3) is 0.600. The van der Waals surface area contributed by atoms with Crippen LogP contribution in [0.2, 0.25) is 0 Å². The Hall–Kier alpha value is -1.42. The highest BCUT2D eigenvalue weighted by atomic mass is 16.6. The van der Waals surface area contributed by atoms with E-state index in [1.54, 1.807) is 12.1 Å². The van der Waals surface area contributed by atoms with Crippen LogP contribution in [0.1, 0.15) is 38.2 Å². The Morgan fingerprint density at radius 1 is 1.21 bits per heavy atom. The molecule has 19 heavy (non-hydrogen) atoms. The van der Waals surface area contributed by atoms with Crippen LogP contribution >= 0.6 is 0 Å². The second kappa shape index (κ2) is 6.15. The molecule has 1 saturated carbocycles. The van der Waals surface area contributed by atoms with Crippen molar-refractivity contribution in [2.45, 2.75) is 45.2 Å². The van der Waals surface area contributed by atoms with Crippen LogP contribution in [0.15, 0.2) is 24.3 Å². The predicted octanol–water partition coefficient (Wildman–Crippen LogP) is 3.61. The average Bonchev–Trinajstić information content (AvgIpc) is 2.40. The number of hydrogen-bond acceptors (Lipinski definition) is 3. The number of rotatable bonds is 4. The molecule has 0 heterocycles. The summed E-state index contributed by atoms with van der Waals surface area (Å²) in [6, 6.07) is 7.56. The van der Waals surface area contributed by atoms with Gasteiger partial charge in [-0.25, -0.2) is 0 Å². The van der Waals surface area contributed by atoms with Gasteiger partial charge in [0.1, 0.15) is 0 Å². The molecule has 0 spiro atoms. The number of nitro benzene ring substituents is 1. The van der Waals surface area contributed by atoms with Gasteiger partial charge in [-0.2, -0.15) is 0 Å². The van der Waals surface area contributed by atoms with Crippen LogP contribution in [-0.2, 0) is 6.54 Å². The Morgan fingerprint density at radius 3 is 2.32 bits per heavy atom. The summed E-state index contributed by atoms with van der Waals surface area (Å²) < 4.78 is 0. The lowest BCUT2D eigenvalue weighted by molar-refractivity contribution is -0.384. The maximum atomic E-state index is 10.6. The van der Waals surface area contributed by atoms with Crippen molar-refractivity contribution in [1.82, 2.24) is 4.90 Å². The van der Waals surface area contributed by atoms with E-state index < -0.39 is 0 Å². The summed E-state index contributed by atoms with van der Waals surface area (Å²) in [6.45, 7) is 3.20. The zero-order chi connectivity index (χ0) is 13.8. The van der Waals surface area contributed by atoms with Crippen molar-refractivity contribution < 1.29 is 4.92 Å². The van der Waals surface area contributed by atoms with Crippen LogP contribution in [0.25, 0.3) is 0 Å². The third kappa shape index (κ3) is 3.77. The van der Waals surface area contributed by atoms with E-state index in [0.717, 1.165) is 18.0 Å². The second-order valence-electron chi connectivity index (χ2n) is 5.75. The minimum Gasteiger partial charge on any atom is -0.299 e. The van der Waals surface area contributed by atoms with Gasteiger partial charge in [0.25, 0.3) is 5.69 Å². The molecule has 0 radical (unpaired) electrons. The lowest BCUT2D eigenvalue weighted by atomic mass is 9.86. The van der Waals surface area contributed by atoms with Crippen molar-refractivity contribution in [1.29, 1.82) is 0 Å². The van der Waals surface area contributed by atoms with Crippen molar-refractivity contribution >= 4 is 5.69 Å². The van der Waals surface area contributed by atoms with Crippen LogP contribution in [0.5, 0.6) is 0 Å². The molecule has 1 aliphatic carbocycles.